The van der Waals surface area contributed by atoms with E-state index in [1.165, 1.54) is 29.5 Å². The minimum absolute atomic E-state index is 0.731. The summed E-state index contributed by atoms with van der Waals surface area (Å²) in [5.74, 6) is 1.52. The molecule has 2 unspecified atom stereocenters. The Labute approximate surface area is 94.7 Å². The second kappa shape index (κ2) is 5.34. The number of benzene rings is 1. The predicted molar refractivity (Wildman–Crippen MR) is 68.4 cm³/mol. The second-order valence-corrected chi connectivity index (χ2v) is 4.74. The summed E-state index contributed by atoms with van der Waals surface area (Å²) < 4.78 is 0. The van der Waals surface area contributed by atoms with Crippen molar-refractivity contribution in [3.05, 3.63) is 34.9 Å². The molecule has 0 spiro atoms. The fourth-order valence-electron chi connectivity index (χ4n) is 2.25. The number of hydrogen-bond acceptors (Lipinski definition) is 0. The molecule has 1 aromatic carbocycles. The molecule has 0 radical (unpaired) electrons. The van der Waals surface area contributed by atoms with Crippen LogP contribution in [0.1, 0.15) is 56.2 Å². The standard InChI is InChI=1S/C15H24/c1-6-11(3)15(7-2)14-9-8-12(4)13(5)10-14/h8-11,15H,6-7H2,1-5H3. The molecule has 0 amide bonds. The van der Waals surface area contributed by atoms with Crippen LogP contribution in [0.3, 0.4) is 0 Å². The molecule has 0 aromatic heterocycles. The first kappa shape index (κ1) is 12.3. The van der Waals surface area contributed by atoms with Gasteiger partial charge in [-0.05, 0) is 48.8 Å². The maximum Gasteiger partial charge on any atom is -0.0139 e. The second-order valence-electron chi connectivity index (χ2n) is 4.74. The van der Waals surface area contributed by atoms with Crippen molar-refractivity contribution >= 4 is 0 Å². The highest BCUT2D eigenvalue weighted by molar-refractivity contribution is 5.32. The maximum atomic E-state index is 2.37. The van der Waals surface area contributed by atoms with E-state index in [4.69, 9.17) is 0 Å². The first-order valence-electron chi connectivity index (χ1n) is 6.17. The third-order valence-electron chi connectivity index (χ3n) is 3.73. The summed E-state index contributed by atoms with van der Waals surface area (Å²) in [7, 11) is 0. The third-order valence-corrected chi connectivity index (χ3v) is 3.73. The normalized spacial score (nSPS) is 15.0. The zero-order chi connectivity index (χ0) is 11.4. The van der Waals surface area contributed by atoms with Gasteiger partial charge in [0.25, 0.3) is 0 Å². The largest absolute Gasteiger partial charge is 0.0651 e. The Morgan fingerprint density at radius 1 is 1.00 bits per heavy atom. The Morgan fingerprint density at radius 3 is 2.13 bits per heavy atom. The number of hydrogen-bond donors (Lipinski definition) is 0. The van der Waals surface area contributed by atoms with Crippen LogP contribution in [0.15, 0.2) is 18.2 Å². The van der Waals surface area contributed by atoms with Gasteiger partial charge in [0.1, 0.15) is 0 Å². The molecule has 0 saturated heterocycles. The quantitative estimate of drug-likeness (QED) is 0.658. The molecule has 84 valence electrons. The van der Waals surface area contributed by atoms with Crippen LogP contribution in [-0.4, -0.2) is 0 Å². The van der Waals surface area contributed by atoms with Gasteiger partial charge in [-0.25, -0.2) is 0 Å². The van der Waals surface area contributed by atoms with E-state index in [1.54, 1.807) is 0 Å². The Balaban J connectivity index is 2.97. The minimum atomic E-state index is 0.731. The zero-order valence-electron chi connectivity index (χ0n) is 10.8. The van der Waals surface area contributed by atoms with Crippen LogP contribution in [0, 0.1) is 19.8 Å². The lowest BCUT2D eigenvalue weighted by Crippen LogP contribution is -2.08. The first-order chi connectivity index (χ1) is 7.10. The molecule has 1 rings (SSSR count). The van der Waals surface area contributed by atoms with Crippen LogP contribution in [0.25, 0.3) is 0 Å². The highest BCUT2D eigenvalue weighted by atomic mass is 14.2. The molecule has 0 heterocycles. The molecule has 0 N–H and O–H groups in total. The van der Waals surface area contributed by atoms with E-state index < -0.39 is 0 Å². The zero-order valence-corrected chi connectivity index (χ0v) is 10.8. The van der Waals surface area contributed by atoms with Gasteiger partial charge < -0.3 is 0 Å². The lowest BCUT2D eigenvalue weighted by molar-refractivity contribution is 0.435. The Morgan fingerprint density at radius 2 is 1.67 bits per heavy atom. The molecule has 0 aliphatic heterocycles. The summed E-state index contributed by atoms with van der Waals surface area (Å²) in [5.41, 5.74) is 4.35. The van der Waals surface area contributed by atoms with Gasteiger partial charge in [0.05, 0.1) is 0 Å². The van der Waals surface area contributed by atoms with E-state index in [1.807, 2.05) is 0 Å². The molecule has 15 heavy (non-hydrogen) atoms. The summed E-state index contributed by atoms with van der Waals surface area (Å²) >= 11 is 0. The van der Waals surface area contributed by atoms with E-state index in [9.17, 15) is 0 Å². The van der Waals surface area contributed by atoms with Crippen molar-refractivity contribution in [2.45, 2.75) is 53.4 Å². The van der Waals surface area contributed by atoms with Gasteiger partial charge in [-0.15, -0.1) is 0 Å². The molecule has 0 nitrogen and oxygen atoms in total. The van der Waals surface area contributed by atoms with Crippen molar-refractivity contribution in [2.24, 2.45) is 5.92 Å². The molecule has 0 aliphatic carbocycles. The molecular weight excluding hydrogens is 180 g/mol. The highest BCUT2D eigenvalue weighted by Gasteiger charge is 2.16. The van der Waals surface area contributed by atoms with Crippen LogP contribution < -0.4 is 0 Å². The minimum Gasteiger partial charge on any atom is -0.0651 e. The lowest BCUT2D eigenvalue weighted by Gasteiger charge is -2.22. The average Bonchev–Trinajstić information content (AvgIpc) is 2.24. The van der Waals surface area contributed by atoms with Crippen molar-refractivity contribution < 1.29 is 0 Å². The smallest absolute Gasteiger partial charge is 0.0139 e. The predicted octanol–water partition coefficient (Wildman–Crippen LogP) is 4.84. The summed E-state index contributed by atoms with van der Waals surface area (Å²) in [4.78, 5) is 0. The first-order valence-corrected chi connectivity index (χ1v) is 6.17. The maximum absolute atomic E-state index is 2.37. The Kier molecular flexibility index (Phi) is 4.38. The molecule has 1 aromatic rings. The van der Waals surface area contributed by atoms with Gasteiger partial charge in [0.15, 0.2) is 0 Å². The fraction of sp³-hybridized carbons (Fsp3) is 0.600. The van der Waals surface area contributed by atoms with Crippen molar-refractivity contribution in [3.63, 3.8) is 0 Å². The lowest BCUT2D eigenvalue weighted by atomic mass is 9.83. The SMILES string of the molecule is CCC(C)C(CC)c1ccc(C)c(C)c1. The molecule has 0 aliphatic rings. The summed E-state index contributed by atoms with van der Waals surface area (Å²) in [5, 5.41) is 0. The van der Waals surface area contributed by atoms with Crippen molar-refractivity contribution in [1.82, 2.24) is 0 Å². The number of rotatable bonds is 4. The topological polar surface area (TPSA) is 0 Å². The van der Waals surface area contributed by atoms with Gasteiger partial charge in [-0.2, -0.15) is 0 Å². The molecule has 0 heteroatoms. The Bertz CT molecular complexity index is 312. The van der Waals surface area contributed by atoms with Crippen molar-refractivity contribution in [1.29, 1.82) is 0 Å². The van der Waals surface area contributed by atoms with E-state index in [-0.39, 0.29) is 0 Å². The van der Waals surface area contributed by atoms with Crippen LogP contribution >= 0.6 is 0 Å². The van der Waals surface area contributed by atoms with E-state index >= 15 is 0 Å². The van der Waals surface area contributed by atoms with Crippen LogP contribution in [-0.2, 0) is 0 Å². The van der Waals surface area contributed by atoms with E-state index in [2.05, 4.69) is 52.8 Å². The Hall–Kier alpha value is -0.780. The van der Waals surface area contributed by atoms with Crippen molar-refractivity contribution in [2.75, 3.05) is 0 Å². The molecule has 0 saturated carbocycles. The van der Waals surface area contributed by atoms with Gasteiger partial charge in [-0.1, -0.05) is 45.4 Å². The van der Waals surface area contributed by atoms with E-state index in [0.29, 0.717) is 0 Å². The molecule has 0 fully saturated rings. The summed E-state index contributed by atoms with van der Waals surface area (Å²) in [6.07, 6.45) is 2.52. The van der Waals surface area contributed by atoms with Crippen LogP contribution in [0.2, 0.25) is 0 Å². The van der Waals surface area contributed by atoms with Gasteiger partial charge >= 0.3 is 0 Å². The average molecular weight is 204 g/mol. The molecule has 2 atom stereocenters. The van der Waals surface area contributed by atoms with Gasteiger partial charge in [0.2, 0.25) is 0 Å². The fourth-order valence-corrected chi connectivity index (χ4v) is 2.25. The van der Waals surface area contributed by atoms with Gasteiger partial charge in [-0.3, -0.25) is 0 Å². The summed E-state index contributed by atoms with van der Waals surface area (Å²) in [6.45, 7) is 11.3. The van der Waals surface area contributed by atoms with Crippen LogP contribution in [0.4, 0.5) is 0 Å². The van der Waals surface area contributed by atoms with Crippen LogP contribution in [0.5, 0.6) is 0 Å². The van der Waals surface area contributed by atoms with E-state index in [0.717, 1.165) is 11.8 Å². The molecule has 0 bridgehead atoms. The number of aryl methyl sites for hydroxylation is 2. The summed E-state index contributed by atoms with van der Waals surface area (Å²) in [6, 6.07) is 6.94. The highest BCUT2D eigenvalue weighted by Crippen LogP contribution is 2.30. The monoisotopic (exact) mass is 204 g/mol. The third kappa shape index (κ3) is 2.84. The molecular formula is C15H24. The van der Waals surface area contributed by atoms with Gasteiger partial charge in [0, 0.05) is 0 Å². The van der Waals surface area contributed by atoms with Crippen molar-refractivity contribution in [3.8, 4) is 0 Å².